The van der Waals surface area contributed by atoms with Crippen molar-refractivity contribution in [2.45, 2.75) is 38.1 Å². The summed E-state index contributed by atoms with van der Waals surface area (Å²) in [4.78, 5) is 10.7. The topological polar surface area (TPSA) is 92.7 Å². The summed E-state index contributed by atoms with van der Waals surface area (Å²) in [5, 5.41) is 8.77. The molecule has 6 nitrogen and oxygen atoms in total. The van der Waals surface area contributed by atoms with E-state index in [9.17, 15) is 13.2 Å². The first-order valence-electron chi connectivity index (χ1n) is 5.70. The fourth-order valence-electron chi connectivity index (χ4n) is 1.90. The van der Waals surface area contributed by atoms with E-state index in [-0.39, 0.29) is 18.8 Å². The van der Waals surface area contributed by atoms with Gasteiger partial charge in [-0.05, 0) is 26.2 Å². The number of carboxylic acid groups (broad SMARTS) is 1. The maximum Gasteiger partial charge on any atom is 0.305 e. The van der Waals surface area contributed by atoms with Crippen molar-refractivity contribution < 1.29 is 23.1 Å². The summed E-state index contributed by atoms with van der Waals surface area (Å²) in [6.07, 6.45) is 1.89. The molecular weight excluding hydrogens is 246 g/mol. The standard InChI is InChI=1S/C10H19NO5S/c1-2-16-6-7-17(14,15)11-10(4-3-5-10)8-9(12)13/h11H,2-8H2,1H3,(H,12,13). The van der Waals surface area contributed by atoms with Crippen LogP contribution in [0.5, 0.6) is 0 Å². The highest BCUT2D eigenvalue weighted by molar-refractivity contribution is 7.89. The zero-order valence-corrected chi connectivity index (χ0v) is 10.8. The summed E-state index contributed by atoms with van der Waals surface area (Å²) in [6.45, 7) is 2.39. The molecular formula is C10H19NO5S. The average molecular weight is 265 g/mol. The Hall–Kier alpha value is -0.660. The second-order valence-corrected chi connectivity index (χ2v) is 6.16. The van der Waals surface area contributed by atoms with Crippen molar-refractivity contribution in [3.05, 3.63) is 0 Å². The molecule has 0 atom stereocenters. The van der Waals surface area contributed by atoms with Crippen molar-refractivity contribution in [2.75, 3.05) is 19.0 Å². The van der Waals surface area contributed by atoms with Crippen molar-refractivity contribution in [1.82, 2.24) is 4.72 Å². The molecule has 0 amide bonds. The largest absolute Gasteiger partial charge is 0.481 e. The van der Waals surface area contributed by atoms with Gasteiger partial charge < -0.3 is 9.84 Å². The summed E-state index contributed by atoms with van der Waals surface area (Å²) < 4.78 is 30.9. The molecule has 0 aromatic rings. The Morgan fingerprint density at radius 1 is 1.47 bits per heavy atom. The van der Waals surface area contributed by atoms with E-state index in [4.69, 9.17) is 9.84 Å². The van der Waals surface area contributed by atoms with Crippen LogP contribution in [-0.2, 0) is 19.6 Å². The molecule has 1 aliphatic rings. The van der Waals surface area contributed by atoms with Crippen LogP contribution in [0.2, 0.25) is 0 Å². The van der Waals surface area contributed by atoms with Gasteiger partial charge in [0.25, 0.3) is 0 Å². The first-order chi connectivity index (χ1) is 7.89. The van der Waals surface area contributed by atoms with E-state index in [1.165, 1.54) is 0 Å². The summed E-state index contributed by atoms with van der Waals surface area (Å²) in [7, 11) is -3.46. The minimum atomic E-state index is -3.46. The van der Waals surface area contributed by atoms with Crippen molar-refractivity contribution in [3.63, 3.8) is 0 Å². The molecule has 0 aromatic heterocycles. The van der Waals surface area contributed by atoms with Gasteiger partial charge in [-0.1, -0.05) is 0 Å². The van der Waals surface area contributed by atoms with Crippen LogP contribution in [0.3, 0.4) is 0 Å². The van der Waals surface area contributed by atoms with Crippen molar-refractivity contribution in [2.24, 2.45) is 0 Å². The first kappa shape index (κ1) is 14.4. The highest BCUT2D eigenvalue weighted by Gasteiger charge is 2.41. The van der Waals surface area contributed by atoms with Crippen molar-refractivity contribution in [1.29, 1.82) is 0 Å². The van der Waals surface area contributed by atoms with Gasteiger partial charge in [-0.3, -0.25) is 4.79 Å². The van der Waals surface area contributed by atoms with Crippen LogP contribution in [0.15, 0.2) is 0 Å². The zero-order chi connectivity index (χ0) is 12.9. The second-order valence-electron chi connectivity index (χ2n) is 4.32. The van der Waals surface area contributed by atoms with Crippen LogP contribution >= 0.6 is 0 Å². The second kappa shape index (κ2) is 5.79. The predicted molar refractivity (Wildman–Crippen MR) is 62.3 cm³/mol. The van der Waals surface area contributed by atoms with E-state index >= 15 is 0 Å². The molecule has 1 rings (SSSR count). The minimum Gasteiger partial charge on any atom is -0.481 e. The molecule has 17 heavy (non-hydrogen) atoms. The van der Waals surface area contributed by atoms with Crippen molar-refractivity contribution in [3.8, 4) is 0 Å². The van der Waals surface area contributed by atoms with Crippen LogP contribution in [-0.4, -0.2) is 44.0 Å². The Morgan fingerprint density at radius 2 is 2.12 bits per heavy atom. The Bertz CT molecular complexity index is 361. The van der Waals surface area contributed by atoms with Gasteiger partial charge in [-0.15, -0.1) is 0 Å². The Balaban J connectivity index is 2.52. The minimum absolute atomic E-state index is 0.123. The fourth-order valence-corrected chi connectivity index (χ4v) is 3.28. The van der Waals surface area contributed by atoms with Crippen LogP contribution in [0.25, 0.3) is 0 Å². The predicted octanol–water partition coefficient (Wildman–Crippen LogP) is 0.340. The maximum absolute atomic E-state index is 11.7. The Kier molecular flexibility index (Phi) is 4.91. The van der Waals surface area contributed by atoms with Crippen LogP contribution in [0, 0.1) is 0 Å². The van der Waals surface area contributed by atoms with E-state index in [1.54, 1.807) is 6.92 Å². The molecule has 0 radical (unpaired) electrons. The number of nitrogens with one attached hydrogen (secondary N) is 1. The third-order valence-corrected chi connectivity index (χ3v) is 4.32. The molecule has 100 valence electrons. The summed E-state index contributed by atoms with van der Waals surface area (Å²) in [5.41, 5.74) is -0.767. The van der Waals surface area contributed by atoms with Gasteiger partial charge in [0.2, 0.25) is 10.0 Å². The Morgan fingerprint density at radius 3 is 2.53 bits per heavy atom. The summed E-state index contributed by atoms with van der Waals surface area (Å²) in [5.74, 6) is -1.10. The van der Waals surface area contributed by atoms with E-state index in [0.29, 0.717) is 19.4 Å². The number of sulfonamides is 1. The lowest BCUT2D eigenvalue weighted by Crippen LogP contribution is -2.55. The fraction of sp³-hybridized carbons (Fsp3) is 0.900. The monoisotopic (exact) mass is 265 g/mol. The van der Waals surface area contributed by atoms with E-state index < -0.39 is 21.5 Å². The third-order valence-electron chi connectivity index (χ3n) is 2.87. The number of hydrogen-bond donors (Lipinski definition) is 2. The Labute approximate surface area is 101 Å². The molecule has 0 heterocycles. The molecule has 1 fully saturated rings. The average Bonchev–Trinajstić information content (AvgIpc) is 2.13. The number of aliphatic carboxylic acids is 1. The molecule has 2 N–H and O–H groups in total. The lowest BCUT2D eigenvalue weighted by atomic mass is 9.75. The zero-order valence-electron chi connectivity index (χ0n) is 9.94. The highest BCUT2D eigenvalue weighted by Crippen LogP contribution is 2.35. The van der Waals surface area contributed by atoms with E-state index in [2.05, 4.69) is 4.72 Å². The third kappa shape index (κ3) is 4.61. The van der Waals surface area contributed by atoms with Gasteiger partial charge in [-0.2, -0.15) is 0 Å². The molecule has 0 spiro atoms. The van der Waals surface area contributed by atoms with Crippen LogP contribution in [0.1, 0.15) is 32.6 Å². The molecule has 1 aliphatic carbocycles. The highest BCUT2D eigenvalue weighted by atomic mass is 32.2. The molecule has 0 aliphatic heterocycles. The van der Waals surface area contributed by atoms with Crippen LogP contribution in [0.4, 0.5) is 0 Å². The molecule has 0 unspecified atom stereocenters. The van der Waals surface area contributed by atoms with Crippen molar-refractivity contribution >= 4 is 16.0 Å². The molecule has 1 saturated carbocycles. The van der Waals surface area contributed by atoms with Crippen LogP contribution < -0.4 is 4.72 Å². The number of ether oxygens (including phenoxy) is 1. The van der Waals surface area contributed by atoms with Gasteiger partial charge in [0, 0.05) is 12.1 Å². The number of rotatable bonds is 8. The van der Waals surface area contributed by atoms with Gasteiger partial charge >= 0.3 is 5.97 Å². The summed E-state index contributed by atoms with van der Waals surface area (Å²) in [6, 6.07) is 0. The van der Waals surface area contributed by atoms with Gasteiger partial charge in [0.1, 0.15) is 0 Å². The SMILES string of the molecule is CCOCCS(=O)(=O)NC1(CC(=O)O)CCC1. The smallest absolute Gasteiger partial charge is 0.305 e. The number of carbonyl (C=O) groups is 1. The number of carboxylic acids is 1. The molecule has 0 saturated heterocycles. The maximum atomic E-state index is 11.7. The van der Waals surface area contributed by atoms with E-state index in [0.717, 1.165) is 6.42 Å². The number of hydrogen-bond acceptors (Lipinski definition) is 4. The normalized spacial score (nSPS) is 18.6. The summed E-state index contributed by atoms with van der Waals surface area (Å²) >= 11 is 0. The lowest BCUT2D eigenvalue weighted by molar-refractivity contribution is -0.139. The molecule has 0 bridgehead atoms. The van der Waals surface area contributed by atoms with Gasteiger partial charge in [0.15, 0.2) is 0 Å². The lowest BCUT2D eigenvalue weighted by Gasteiger charge is -2.40. The quantitative estimate of drug-likeness (QED) is 0.617. The first-order valence-corrected chi connectivity index (χ1v) is 7.35. The molecule has 7 heteroatoms. The van der Waals surface area contributed by atoms with Gasteiger partial charge in [0.05, 0.1) is 18.8 Å². The van der Waals surface area contributed by atoms with Gasteiger partial charge in [-0.25, -0.2) is 13.1 Å². The molecule has 0 aromatic carbocycles. The van der Waals surface area contributed by atoms with E-state index in [1.807, 2.05) is 0 Å².